The van der Waals surface area contributed by atoms with Crippen molar-refractivity contribution in [2.24, 2.45) is 0 Å². The molecule has 0 aliphatic rings. The Balaban J connectivity index is 4.04. The van der Waals surface area contributed by atoms with Crippen LogP contribution in [0.4, 0.5) is 4.79 Å². The van der Waals surface area contributed by atoms with Crippen molar-refractivity contribution >= 4 is 17.9 Å². The number of hydrogen-bond acceptors (Lipinski definition) is 4. The van der Waals surface area contributed by atoms with Crippen molar-refractivity contribution < 1.29 is 19.5 Å². The van der Waals surface area contributed by atoms with Gasteiger partial charge in [-0.1, -0.05) is 0 Å². The molecule has 0 saturated carbocycles. The van der Waals surface area contributed by atoms with Crippen LogP contribution < -0.4 is 5.32 Å². The molecule has 1 unspecified atom stereocenters. The first-order valence-electron chi connectivity index (χ1n) is 5.53. The minimum absolute atomic E-state index is 0.0154. The molecule has 0 aromatic rings. The first kappa shape index (κ1) is 15.9. The number of carboxylic acid groups (broad SMARTS) is 1. The van der Waals surface area contributed by atoms with E-state index in [0.29, 0.717) is 0 Å². The molecular weight excluding hydrogens is 238 g/mol. The summed E-state index contributed by atoms with van der Waals surface area (Å²) in [6.45, 7) is 1.69. The van der Waals surface area contributed by atoms with Gasteiger partial charge in [-0.05, 0) is 13.3 Å². The molecule has 0 spiro atoms. The average Bonchev–Trinajstić information content (AvgIpc) is 2.27. The van der Waals surface area contributed by atoms with Gasteiger partial charge in [-0.25, -0.2) is 4.79 Å². The largest absolute Gasteiger partial charge is 0.481 e. The lowest BCUT2D eigenvalue weighted by molar-refractivity contribution is -0.137. The maximum absolute atomic E-state index is 11.5. The van der Waals surface area contributed by atoms with Gasteiger partial charge >= 0.3 is 12.0 Å². The Labute approximate surface area is 105 Å². The minimum atomic E-state index is -0.978. The van der Waals surface area contributed by atoms with E-state index in [0.717, 1.165) is 0 Å². The van der Waals surface area contributed by atoms with Crippen molar-refractivity contribution in [2.45, 2.75) is 38.6 Å². The van der Waals surface area contributed by atoms with Gasteiger partial charge in [0.2, 0.25) is 5.91 Å². The highest BCUT2D eigenvalue weighted by atomic mass is 16.4. The third kappa shape index (κ3) is 6.48. The second-order valence-corrected chi connectivity index (χ2v) is 3.92. The molecule has 0 aromatic carbocycles. The highest BCUT2D eigenvalue weighted by Crippen LogP contribution is 2.01. The molecular formula is C11H17N3O4. The van der Waals surface area contributed by atoms with E-state index in [1.54, 1.807) is 6.92 Å². The molecule has 0 aliphatic heterocycles. The molecule has 0 heterocycles. The molecule has 7 heteroatoms. The maximum atomic E-state index is 11.5. The molecule has 18 heavy (non-hydrogen) atoms. The number of imide groups is 1. The zero-order valence-electron chi connectivity index (χ0n) is 10.5. The number of rotatable bonds is 6. The standard InChI is InChI=1S/C11H17N3O4/c1-8(6-7-12)14(2)11(18)13-9(15)4-3-5-10(16)17/h8H,3-6H2,1-2H3,(H,16,17)(H,13,15,18). The zero-order valence-corrected chi connectivity index (χ0v) is 10.5. The number of hydrogen-bond donors (Lipinski definition) is 2. The molecule has 0 rings (SSSR count). The predicted octanol–water partition coefficient (Wildman–Crippen LogP) is 0.711. The lowest BCUT2D eigenvalue weighted by Gasteiger charge is -2.22. The SMILES string of the molecule is CC(CC#N)N(C)C(=O)NC(=O)CCCC(=O)O. The van der Waals surface area contributed by atoms with Gasteiger partial charge in [0.05, 0.1) is 12.5 Å². The fraction of sp³-hybridized carbons (Fsp3) is 0.636. The summed E-state index contributed by atoms with van der Waals surface area (Å²) in [6.07, 6.45) is 0.240. The number of amides is 3. The molecule has 0 bridgehead atoms. The van der Waals surface area contributed by atoms with Gasteiger partial charge in [-0.15, -0.1) is 0 Å². The van der Waals surface area contributed by atoms with E-state index >= 15 is 0 Å². The molecule has 2 N–H and O–H groups in total. The number of carboxylic acids is 1. The molecule has 0 saturated heterocycles. The van der Waals surface area contributed by atoms with Crippen LogP contribution >= 0.6 is 0 Å². The smallest absolute Gasteiger partial charge is 0.324 e. The molecule has 1 atom stereocenters. The Morgan fingerprint density at radius 1 is 1.39 bits per heavy atom. The van der Waals surface area contributed by atoms with Gasteiger partial charge in [-0.2, -0.15) is 5.26 Å². The average molecular weight is 255 g/mol. The second-order valence-electron chi connectivity index (χ2n) is 3.92. The van der Waals surface area contributed by atoms with E-state index in [4.69, 9.17) is 10.4 Å². The lowest BCUT2D eigenvalue weighted by Crippen LogP contribution is -2.44. The molecule has 100 valence electrons. The van der Waals surface area contributed by atoms with Crippen molar-refractivity contribution in [3.05, 3.63) is 0 Å². The summed E-state index contributed by atoms with van der Waals surface area (Å²) < 4.78 is 0. The van der Waals surface area contributed by atoms with E-state index in [9.17, 15) is 14.4 Å². The molecule has 0 aromatic heterocycles. The van der Waals surface area contributed by atoms with E-state index in [1.807, 2.05) is 6.07 Å². The summed E-state index contributed by atoms with van der Waals surface area (Å²) in [7, 11) is 1.49. The fourth-order valence-electron chi connectivity index (χ4n) is 1.14. The van der Waals surface area contributed by atoms with Crippen molar-refractivity contribution in [3.8, 4) is 6.07 Å². The summed E-state index contributed by atoms with van der Waals surface area (Å²) >= 11 is 0. The maximum Gasteiger partial charge on any atom is 0.324 e. The number of aliphatic carboxylic acids is 1. The van der Waals surface area contributed by atoms with Crippen molar-refractivity contribution in [1.82, 2.24) is 10.2 Å². The van der Waals surface area contributed by atoms with Crippen molar-refractivity contribution in [3.63, 3.8) is 0 Å². The first-order valence-corrected chi connectivity index (χ1v) is 5.53. The summed E-state index contributed by atoms with van der Waals surface area (Å²) in [5.74, 6) is -1.49. The highest BCUT2D eigenvalue weighted by molar-refractivity contribution is 5.94. The quantitative estimate of drug-likeness (QED) is 0.726. The van der Waals surface area contributed by atoms with Crippen LogP contribution in [0.25, 0.3) is 0 Å². The molecule has 0 aliphatic carbocycles. The Kier molecular flexibility index (Phi) is 7.12. The summed E-state index contributed by atoms with van der Waals surface area (Å²) in [4.78, 5) is 34.3. The van der Waals surface area contributed by atoms with Gasteiger partial charge in [0, 0.05) is 25.9 Å². The third-order valence-electron chi connectivity index (χ3n) is 2.41. The highest BCUT2D eigenvalue weighted by Gasteiger charge is 2.17. The van der Waals surface area contributed by atoms with Crippen LogP contribution in [0.2, 0.25) is 0 Å². The number of carbonyl (C=O) groups excluding carboxylic acids is 2. The number of nitriles is 1. The van der Waals surface area contributed by atoms with E-state index in [1.165, 1.54) is 11.9 Å². The Hall–Kier alpha value is -2.10. The van der Waals surface area contributed by atoms with E-state index in [2.05, 4.69) is 5.32 Å². The van der Waals surface area contributed by atoms with Crippen LogP contribution in [-0.4, -0.2) is 41.0 Å². The van der Waals surface area contributed by atoms with Gasteiger partial charge < -0.3 is 10.0 Å². The third-order valence-corrected chi connectivity index (χ3v) is 2.41. The monoisotopic (exact) mass is 255 g/mol. The van der Waals surface area contributed by atoms with Crippen molar-refractivity contribution in [2.75, 3.05) is 7.05 Å². The molecule has 7 nitrogen and oxygen atoms in total. The zero-order chi connectivity index (χ0) is 14.1. The minimum Gasteiger partial charge on any atom is -0.481 e. The summed E-state index contributed by atoms with van der Waals surface area (Å²) in [5.41, 5.74) is 0. The Morgan fingerprint density at radius 2 is 2.00 bits per heavy atom. The lowest BCUT2D eigenvalue weighted by atomic mass is 10.2. The predicted molar refractivity (Wildman–Crippen MR) is 62.5 cm³/mol. The normalized spacial score (nSPS) is 11.2. The Morgan fingerprint density at radius 3 is 2.50 bits per heavy atom. The van der Waals surface area contributed by atoms with Crippen LogP contribution in [0, 0.1) is 11.3 Å². The van der Waals surface area contributed by atoms with Crippen molar-refractivity contribution in [1.29, 1.82) is 5.26 Å². The van der Waals surface area contributed by atoms with Crippen LogP contribution in [0.3, 0.4) is 0 Å². The second kappa shape index (κ2) is 8.06. The van der Waals surface area contributed by atoms with E-state index in [-0.39, 0.29) is 31.7 Å². The molecule has 3 amide bonds. The van der Waals surface area contributed by atoms with E-state index < -0.39 is 17.9 Å². The fourth-order valence-corrected chi connectivity index (χ4v) is 1.14. The molecule has 0 fully saturated rings. The van der Waals surface area contributed by atoms with Gasteiger partial charge in [-0.3, -0.25) is 14.9 Å². The summed E-state index contributed by atoms with van der Waals surface area (Å²) in [5, 5.41) is 19.0. The van der Waals surface area contributed by atoms with Crippen LogP contribution in [0.1, 0.15) is 32.6 Å². The Bertz CT molecular complexity index is 362. The van der Waals surface area contributed by atoms with Gasteiger partial charge in [0.15, 0.2) is 0 Å². The number of urea groups is 1. The van der Waals surface area contributed by atoms with Gasteiger partial charge in [0.25, 0.3) is 0 Å². The number of carbonyl (C=O) groups is 3. The summed E-state index contributed by atoms with van der Waals surface area (Å²) in [6, 6.07) is 1.06. The van der Waals surface area contributed by atoms with Crippen LogP contribution in [0.5, 0.6) is 0 Å². The first-order chi connectivity index (χ1) is 8.38. The molecule has 0 radical (unpaired) electrons. The van der Waals surface area contributed by atoms with Crippen LogP contribution in [-0.2, 0) is 9.59 Å². The topological polar surface area (TPSA) is 111 Å². The van der Waals surface area contributed by atoms with Crippen LogP contribution in [0.15, 0.2) is 0 Å². The van der Waals surface area contributed by atoms with Gasteiger partial charge in [0.1, 0.15) is 0 Å². The number of nitrogens with zero attached hydrogens (tertiary/aromatic N) is 2. The number of nitrogens with one attached hydrogen (secondary N) is 1.